The zero-order chi connectivity index (χ0) is 22.4. The standard InChI is InChI=1S/C24H29N3O3S/c1-24(2,3)23-26-18-9-7-6-8-17(18)22(27-23)31-15-21(28)25-13-12-16-10-11-19(29-4)20(14-16)30-5/h6-11,14H,12-13,15H2,1-5H3,(H,25,28). The molecule has 3 rings (SSSR count). The number of nitrogens with one attached hydrogen (secondary N) is 1. The van der Waals surface area contributed by atoms with Gasteiger partial charge in [-0.15, -0.1) is 0 Å². The summed E-state index contributed by atoms with van der Waals surface area (Å²) >= 11 is 1.45. The number of nitrogens with zero attached hydrogens (tertiary/aromatic N) is 2. The number of aromatic nitrogens is 2. The van der Waals surface area contributed by atoms with Crippen LogP contribution in [0.2, 0.25) is 0 Å². The number of carbonyl (C=O) groups excluding carboxylic acids is 1. The number of carbonyl (C=O) groups is 1. The number of benzene rings is 2. The maximum Gasteiger partial charge on any atom is 0.230 e. The number of thioether (sulfide) groups is 1. The summed E-state index contributed by atoms with van der Waals surface area (Å²) in [6, 6.07) is 13.7. The Morgan fingerprint density at radius 1 is 1.03 bits per heavy atom. The Hall–Kier alpha value is -2.80. The van der Waals surface area contributed by atoms with Gasteiger partial charge in [0.2, 0.25) is 5.91 Å². The molecule has 1 amide bonds. The van der Waals surface area contributed by atoms with Crippen molar-refractivity contribution in [2.45, 2.75) is 37.6 Å². The van der Waals surface area contributed by atoms with E-state index < -0.39 is 0 Å². The van der Waals surface area contributed by atoms with Crippen molar-refractivity contribution in [3.63, 3.8) is 0 Å². The van der Waals surface area contributed by atoms with Crippen LogP contribution in [0.15, 0.2) is 47.5 Å². The topological polar surface area (TPSA) is 73.3 Å². The van der Waals surface area contributed by atoms with E-state index in [9.17, 15) is 4.79 Å². The Balaban J connectivity index is 1.60. The molecule has 0 aliphatic rings. The number of fused-ring (bicyclic) bond motifs is 1. The molecule has 1 N–H and O–H groups in total. The van der Waals surface area contributed by atoms with Gasteiger partial charge in [0.1, 0.15) is 10.9 Å². The van der Waals surface area contributed by atoms with Crippen molar-refractivity contribution in [2.75, 3.05) is 26.5 Å². The zero-order valence-corrected chi connectivity index (χ0v) is 19.5. The molecule has 1 heterocycles. The molecule has 0 radical (unpaired) electrons. The Bertz CT molecular complexity index is 1060. The number of hydrogen-bond acceptors (Lipinski definition) is 6. The molecular formula is C24H29N3O3S. The average molecular weight is 440 g/mol. The van der Waals surface area contributed by atoms with Gasteiger partial charge in [-0.1, -0.05) is 56.8 Å². The number of amides is 1. The Labute approximate surface area is 187 Å². The van der Waals surface area contributed by atoms with Gasteiger partial charge in [-0.3, -0.25) is 4.79 Å². The molecule has 2 aromatic carbocycles. The molecule has 0 aliphatic carbocycles. The lowest BCUT2D eigenvalue weighted by molar-refractivity contribution is -0.118. The van der Waals surface area contributed by atoms with Gasteiger partial charge in [0.25, 0.3) is 0 Å². The maximum absolute atomic E-state index is 12.4. The first-order valence-corrected chi connectivity index (χ1v) is 11.2. The highest BCUT2D eigenvalue weighted by molar-refractivity contribution is 8.00. The van der Waals surface area contributed by atoms with Crippen LogP contribution in [0.3, 0.4) is 0 Å². The highest BCUT2D eigenvalue weighted by Crippen LogP contribution is 2.29. The zero-order valence-electron chi connectivity index (χ0n) is 18.7. The summed E-state index contributed by atoms with van der Waals surface area (Å²) in [5, 5.41) is 4.79. The van der Waals surface area contributed by atoms with Gasteiger partial charge in [0.05, 0.1) is 25.5 Å². The normalized spacial score (nSPS) is 11.4. The predicted octanol–water partition coefficient (Wildman–Crippen LogP) is 4.40. The van der Waals surface area contributed by atoms with Crippen molar-refractivity contribution < 1.29 is 14.3 Å². The third-order valence-corrected chi connectivity index (χ3v) is 5.75. The molecule has 164 valence electrons. The molecular weight excluding hydrogens is 410 g/mol. The number of rotatable bonds is 8. The van der Waals surface area contributed by atoms with E-state index in [-0.39, 0.29) is 11.3 Å². The molecule has 0 spiro atoms. The summed E-state index contributed by atoms with van der Waals surface area (Å²) in [6.07, 6.45) is 0.710. The van der Waals surface area contributed by atoms with Crippen LogP contribution in [0.4, 0.5) is 0 Å². The summed E-state index contributed by atoms with van der Waals surface area (Å²) in [5.74, 6) is 2.44. The van der Waals surface area contributed by atoms with E-state index in [0.717, 1.165) is 27.3 Å². The van der Waals surface area contributed by atoms with E-state index in [1.54, 1.807) is 14.2 Å². The van der Waals surface area contributed by atoms with Crippen LogP contribution in [0.1, 0.15) is 32.2 Å². The summed E-state index contributed by atoms with van der Waals surface area (Å²) in [4.78, 5) is 21.9. The molecule has 0 atom stereocenters. The molecule has 6 nitrogen and oxygen atoms in total. The van der Waals surface area contributed by atoms with Crippen molar-refractivity contribution in [1.29, 1.82) is 0 Å². The largest absolute Gasteiger partial charge is 0.493 e. The minimum Gasteiger partial charge on any atom is -0.493 e. The smallest absolute Gasteiger partial charge is 0.230 e. The van der Waals surface area contributed by atoms with Gasteiger partial charge in [0, 0.05) is 17.3 Å². The van der Waals surface area contributed by atoms with Crippen molar-refractivity contribution in [1.82, 2.24) is 15.3 Å². The number of hydrogen-bond donors (Lipinski definition) is 1. The lowest BCUT2D eigenvalue weighted by Gasteiger charge is -2.18. The van der Waals surface area contributed by atoms with Gasteiger partial charge in [-0.25, -0.2) is 9.97 Å². The fraction of sp³-hybridized carbons (Fsp3) is 0.375. The molecule has 3 aromatic rings. The van der Waals surface area contributed by atoms with Crippen LogP contribution in [-0.4, -0.2) is 42.4 Å². The molecule has 0 fully saturated rings. The SMILES string of the molecule is COc1ccc(CCNC(=O)CSc2nc(C(C)(C)C)nc3ccccc23)cc1OC. The van der Waals surface area contributed by atoms with Crippen LogP contribution >= 0.6 is 11.8 Å². The lowest BCUT2D eigenvalue weighted by atomic mass is 9.95. The fourth-order valence-electron chi connectivity index (χ4n) is 3.06. The molecule has 31 heavy (non-hydrogen) atoms. The van der Waals surface area contributed by atoms with Crippen LogP contribution in [0, 0.1) is 0 Å². The van der Waals surface area contributed by atoms with Gasteiger partial charge in [-0.05, 0) is 30.2 Å². The third-order valence-electron chi connectivity index (χ3n) is 4.76. The second kappa shape index (κ2) is 10.0. The molecule has 0 saturated heterocycles. The molecule has 0 aliphatic heterocycles. The summed E-state index contributed by atoms with van der Waals surface area (Å²) in [6.45, 7) is 6.82. The monoisotopic (exact) mass is 439 g/mol. The maximum atomic E-state index is 12.4. The molecule has 7 heteroatoms. The second-order valence-electron chi connectivity index (χ2n) is 8.20. The van der Waals surface area contributed by atoms with Crippen molar-refractivity contribution in [2.24, 2.45) is 0 Å². The van der Waals surface area contributed by atoms with Gasteiger partial charge >= 0.3 is 0 Å². The first kappa shape index (κ1) is 22.9. The van der Waals surface area contributed by atoms with Crippen molar-refractivity contribution >= 4 is 28.6 Å². The van der Waals surface area contributed by atoms with Gasteiger partial charge < -0.3 is 14.8 Å². The van der Waals surface area contributed by atoms with Crippen LogP contribution in [0.25, 0.3) is 10.9 Å². The van der Waals surface area contributed by atoms with E-state index in [2.05, 4.69) is 26.1 Å². The minimum absolute atomic E-state index is 0.0227. The van der Waals surface area contributed by atoms with E-state index in [4.69, 9.17) is 19.4 Å². The molecule has 0 unspecified atom stereocenters. The van der Waals surface area contributed by atoms with Crippen molar-refractivity contribution in [3.05, 3.63) is 53.9 Å². The van der Waals surface area contributed by atoms with Crippen LogP contribution in [0.5, 0.6) is 11.5 Å². The van der Waals surface area contributed by atoms with Crippen molar-refractivity contribution in [3.8, 4) is 11.5 Å². The van der Waals surface area contributed by atoms with E-state index in [0.29, 0.717) is 30.2 Å². The first-order valence-electron chi connectivity index (χ1n) is 10.2. The van der Waals surface area contributed by atoms with E-state index >= 15 is 0 Å². The van der Waals surface area contributed by atoms with E-state index in [1.807, 2.05) is 42.5 Å². The van der Waals surface area contributed by atoms with Gasteiger partial charge in [-0.2, -0.15) is 0 Å². The molecule has 0 saturated carbocycles. The number of para-hydroxylation sites is 1. The van der Waals surface area contributed by atoms with Crippen LogP contribution in [-0.2, 0) is 16.6 Å². The third kappa shape index (κ3) is 5.88. The predicted molar refractivity (Wildman–Crippen MR) is 125 cm³/mol. The Morgan fingerprint density at radius 3 is 2.48 bits per heavy atom. The minimum atomic E-state index is -0.166. The van der Waals surface area contributed by atoms with Gasteiger partial charge in [0.15, 0.2) is 11.5 Å². The summed E-state index contributed by atoms with van der Waals surface area (Å²) < 4.78 is 10.6. The fourth-order valence-corrected chi connectivity index (χ4v) is 3.91. The highest BCUT2D eigenvalue weighted by atomic mass is 32.2. The lowest BCUT2D eigenvalue weighted by Crippen LogP contribution is -2.27. The Kier molecular flexibility index (Phi) is 7.38. The van der Waals surface area contributed by atoms with Crippen LogP contribution < -0.4 is 14.8 Å². The summed E-state index contributed by atoms with van der Waals surface area (Å²) in [5.41, 5.74) is 1.81. The molecule has 1 aromatic heterocycles. The molecule has 0 bridgehead atoms. The summed E-state index contributed by atoms with van der Waals surface area (Å²) in [7, 11) is 3.23. The van der Waals surface area contributed by atoms with E-state index in [1.165, 1.54) is 11.8 Å². The highest BCUT2D eigenvalue weighted by Gasteiger charge is 2.20. The number of methoxy groups -OCH3 is 2. The number of ether oxygens (including phenoxy) is 2. The first-order chi connectivity index (χ1) is 14.8. The quantitative estimate of drug-likeness (QED) is 0.414. The second-order valence-corrected chi connectivity index (χ2v) is 9.16. The Morgan fingerprint density at radius 2 is 1.77 bits per heavy atom. The average Bonchev–Trinajstić information content (AvgIpc) is 2.76.